The highest BCUT2D eigenvalue weighted by atomic mass is 32.2. The van der Waals surface area contributed by atoms with Crippen molar-refractivity contribution in [1.82, 2.24) is 5.32 Å². The Bertz CT molecular complexity index is 1300. The van der Waals surface area contributed by atoms with Crippen LogP contribution >= 0.6 is 0 Å². The summed E-state index contributed by atoms with van der Waals surface area (Å²) < 4.78 is 46.3. The highest BCUT2D eigenvalue weighted by molar-refractivity contribution is 7.92. The van der Waals surface area contributed by atoms with Crippen molar-refractivity contribution in [2.45, 2.75) is 25.7 Å². The van der Waals surface area contributed by atoms with E-state index in [4.69, 9.17) is 4.42 Å². The largest absolute Gasteiger partial charge is 0.455 e. The molecule has 9 heteroatoms. The molecule has 0 bridgehead atoms. The van der Waals surface area contributed by atoms with E-state index in [0.29, 0.717) is 27.8 Å². The van der Waals surface area contributed by atoms with Gasteiger partial charge < -0.3 is 14.8 Å². The van der Waals surface area contributed by atoms with E-state index in [1.807, 2.05) is 6.07 Å². The van der Waals surface area contributed by atoms with Crippen LogP contribution in [0.1, 0.15) is 41.6 Å². The third kappa shape index (κ3) is 4.60. The maximum Gasteiger partial charge on any atom is 0.255 e. The van der Waals surface area contributed by atoms with Gasteiger partial charge in [0, 0.05) is 37.2 Å². The van der Waals surface area contributed by atoms with Crippen LogP contribution in [0, 0.1) is 11.7 Å². The Balaban J connectivity index is 1.97. The van der Waals surface area contributed by atoms with Gasteiger partial charge >= 0.3 is 0 Å². The van der Waals surface area contributed by atoms with E-state index in [0.717, 1.165) is 24.7 Å². The first-order valence-electron chi connectivity index (χ1n) is 10.8. The Labute approximate surface area is 192 Å². The number of rotatable bonds is 8. The van der Waals surface area contributed by atoms with Gasteiger partial charge in [0.1, 0.15) is 17.2 Å². The summed E-state index contributed by atoms with van der Waals surface area (Å²) in [5.41, 5.74) is 2.54. The van der Waals surface area contributed by atoms with Crippen molar-refractivity contribution < 1.29 is 27.1 Å². The van der Waals surface area contributed by atoms with Gasteiger partial charge in [-0.15, -0.1) is 0 Å². The average Bonchev–Trinajstić information content (AvgIpc) is 3.56. The molecule has 3 aromatic rings. The molecule has 2 aromatic carbocycles. The number of hydrogen-bond donors (Lipinski definition) is 2. The van der Waals surface area contributed by atoms with Crippen molar-refractivity contribution in [1.29, 1.82) is 0 Å². The van der Waals surface area contributed by atoms with Crippen LogP contribution in [0.5, 0.6) is 0 Å². The molecule has 0 spiro atoms. The monoisotopic (exact) mass is 474 g/mol. The summed E-state index contributed by atoms with van der Waals surface area (Å²) in [7, 11) is -2.12. The first-order chi connectivity index (χ1) is 15.6. The molecule has 0 aliphatic heterocycles. The number of nitrogens with zero attached hydrogens (tertiary/aromatic N) is 1. The zero-order valence-corrected chi connectivity index (χ0v) is 19.6. The SMILES string of the molecule is CNC(=O)c1c(-c2ccc(F)cc2)oc2cc(N(C[C@@H](C)CO)S(C)(=O)=O)c(C3CC3)cc12. The lowest BCUT2D eigenvalue weighted by atomic mass is 10.00. The molecule has 33 heavy (non-hydrogen) atoms. The van der Waals surface area contributed by atoms with Crippen LogP contribution in [0.3, 0.4) is 0 Å². The second-order valence-electron chi connectivity index (χ2n) is 8.66. The van der Waals surface area contributed by atoms with Crippen LogP contribution in [0.4, 0.5) is 10.1 Å². The number of nitrogens with one attached hydrogen (secondary N) is 1. The maximum atomic E-state index is 13.5. The third-order valence-electron chi connectivity index (χ3n) is 5.87. The predicted octanol–water partition coefficient (Wildman–Crippen LogP) is 3.87. The third-order valence-corrected chi connectivity index (χ3v) is 7.02. The van der Waals surface area contributed by atoms with E-state index in [9.17, 15) is 22.7 Å². The summed E-state index contributed by atoms with van der Waals surface area (Å²) in [6.45, 7) is 1.74. The van der Waals surface area contributed by atoms with Crippen LogP contribution in [-0.2, 0) is 10.0 Å². The lowest BCUT2D eigenvalue weighted by Gasteiger charge is -2.27. The van der Waals surface area contributed by atoms with Gasteiger partial charge in [-0.1, -0.05) is 6.92 Å². The zero-order valence-electron chi connectivity index (χ0n) is 18.8. The molecule has 1 aliphatic rings. The molecule has 7 nitrogen and oxygen atoms in total. The van der Waals surface area contributed by atoms with Gasteiger partial charge in [0.2, 0.25) is 10.0 Å². The summed E-state index contributed by atoms with van der Waals surface area (Å²) >= 11 is 0. The van der Waals surface area contributed by atoms with Crippen LogP contribution < -0.4 is 9.62 Å². The van der Waals surface area contributed by atoms with E-state index in [1.54, 1.807) is 13.0 Å². The molecular weight excluding hydrogens is 447 g/mol. The first-order valence-corrected chi connectivity index (χ1v) is 12.7. The van der Waals surface area contributed by atoms with Crippen molar-refractivity contribution in [3.8, 4) is 11.3 Å². The summed E-state index contributed by atoms with van der Waals surface area (Å²) in [5, 5.41) is 12.7. The predicted molar refractivity (Wildman–Crippen MR) is 125 cm³/mol. The molecule has 1 aliphatic carbocycles. The van der Waals surface area contributed by atoms with Gasteiger partial charge in [-0.05, 0) is 60.6 Å². The van der Waals surface area contributed by atoms with E-state index >= 15 is 0 Å². The molecule has 1 heterocycles. The molecule has 1 saturated carbocycles. The van der Waals surface area contributed by atoms with Crippen molar-refractivity contribution in [3.05, 3.63) is 53.3 Å². The fourth-order valence-electron chi connectivity index (χ4n) is 3.99. The Kier molecular flexibility index (Phi) is 6.20. The highest BCUT2D eigenvalue weighted by Crippen LogP contribution is 2.48. The van der Waals surface area contributed by atoms with Gasteiger partial charge in [-0.3, -0.25) is 9.10 Å². The lowest BCUT2D eigenvalue weighted by molar-refractivity contribution is 0.0964. The van der Waals surface area contributed by atoms with Crippen LogP contribution in [0.2, 0.25) is 0 Å². The standard InChI is InChI=1S/C24H27FN2O5S/c1-14(13-28)12-27(33(3,30)31)20-11-21-19(10-18(20)15-4-5-15)22(24(29)26-2)23(32-21)16-6-8-17(25)9-7-16/h6-11,14-15,28H,4-5,12-13H2,1-3H3,(H,26,29)/t14-/m1/s1. The molecule has 1 atom stereocenters. The first kappa shape index (κ1) is 23.3. The number of halogens is 1. The molecule has 4 rings (SSSR count). The number of carbonyl (C=O) groups is 1. The Hall–Kier alpha value is -2.91. The number of furan rings is 1. The number of fused-ring (bicyclic) bond motifs is 1. The van der Waals surface area contributed by atoms with E-state index in [-0.39, 0.29) is 36.7 Å². The van der Waals surface area contributed by atoms with Gasteiger partial charge in [0.15, 0.2) is 0 Å². The molecule has 0 radical (unpaired) electrons. The second kappa shape index (κ2) is 8.79. The van der Waals surface area contributed by atoms with Crippen molar-refractivity contribution in [2.24, 2.45) is 5.92 Å². The van der Waals surface area contributed by atoms with Gasteiger partial charge in [-0.25, -0.2) is 12.8 Å². The number of aliphatic hydroxyl groups excluding tert-OH is 1. The quantitative estimate of drug-likeness (QED) is 0.516. The summed E-state index contributed by atoms with van der Waals surface area (Å²) in [6, 6.07) is 9.15. The Morgan fingerprint density at radius 2 is 1.94 bits per heavy atom. The van der Waals surface area contributed by atoms with Gasteiger partial charge in [0.25, 0.3) is 5.91 Å². The van der Waals surface area contributed by atoms with Crippen LogP contribution in [-0.4, -0.2) is 45.9 Å². The maximum absolute atomic E-state index is 13.5. The minimum absolute atomic E-state index is 0.119. The van der Waals surface area contributed by atoms with Crippen molar-refractivity contribution in [3.63, 3.8) is 0 Å². The number of hydrogen-bond acceptors (Lipinski definition) is 5. The molecule has 0 unspecified atom stereocenters. The Morgan fingerprint density at radius 1 is 1.27 bits per heavy atom. The van der Waals surface area contributed by atoms with Gasteiger partial charge in [0.05, 0.1) is 17.5 Å². The van der Waals surface area contributed by atoms with Crippen molar-refractivity contribution >= 4 is 32.6 Å². The van der Waals surface area contributed by atoms with Crippen LogP contribution in [0.15, 0.2) is 40.8 Å². The fourth-order valence-corrected chi connectivity index (χ4v) is 5.04. The minimum atomic E-state index is -3.64. The fraction of sp³-hybridized carbons (Fsp3) is 0.375. The summed E-state index contributed by atoms with van der Waals surface area (Å²) in [4.78, 5) is 12.8. The number of sulfonamides is 1. The van der Waals surface area contributed by atoms with Gasteiger partial charge in [-0.2, -0.15) is 0 Å². The number of aliphatic hydroxyl groups is 1. The number of carbonyl (C=O) groups excluding carboxylic acids is 1. The zero-order chi connectivity index (χ0) is 23.9. The average molecular weight is 475 g/mol. The van der Waals surface area contributed by atoms with E-state index in [1.165, 1.54) is 35.6 Å². The Morgan fingerprint density at radius 3 is 2.48 bits per heavy atom. The number of anilines is 1. The second-order valence-corrected chi connectivity index (χ2v) is 10.6. The van der Waals surface area contributed by atoms with Crippen LogP contribution in [0.25, 0.3) is 22.3 Å². The smallest absolute Gasteiger partial charge is 0.255 e. The van der Waals surface area contributed by atoms with Crippen molar-refractivity contribution in [2.75, 3.05) is 30.8 Å². The molecule has 176 valence electrons. The summed E-state index contributed by atoms with van der Waals surface area (Å²) in [5.74, 6) is -0.555. The highest BCUT2D eigenvalue weighted by Gasteiger charge is 2.33. The summed E-state index contributed by atoms with van der Waals surface area (Å²) in [6.07, 6.45) is 2.98. The van der Waals surface area contributed by atoms with E-state index < -0.39 is 15.8 Å². The minimum Gasteiger partial charge on any atom is -0.455 e. The molecule has 0 saturated heterocycles. The number of benzene rings is 2. The topological polar surface area (TPSA) is 99.8 Å². The normalized spacial score (nSPS) is 14.9. The molecule has 1 aromatic heterocycles. The molecular formula is C24H27FN2O5S. The lowest BCUT2D eigenvalue weighted by Crippen LogP contribution is -2.35. The molecule has 2 N–H and O–H groups in total. The van der Waals surface area contributed by atoms with E-state index in [2.05, 4.69) is 5.32 Å². The number of amides is 1. The molecule has 1 fully saturated rings. The molecule has 1 amide bonds.